The van der Waals surface area contributed by atoms with Crippen LogP contribution in [0.2, 0.25) is 0 Å². The Balaban J connectivity index is 2.16. The lowest BCUT2D eigenvalue weighted by atomic mass is 9.87. The van der Waals surface area contributed by atoms with Gasteiger partial charge in [0, 0.05) is 18.9 Å². The van der Waals surface area contributed by atoms with E-state index in [0.717, 1.165) is 5.56 Å². The molecule has 0 aromatic heterocycles. The Morgan fingerprint density at radius 2 is 2.12 bits per heavy atom. The lowest BCUT2D eigenvalue weighted by Gasteiger charge is -2.25. The molecular formula is C19H23N3O3S. The molecule has 0 fully saturated rings. The SMILES string of the molecule is COc1ccc([C@H]2CC(=O)NC(SCC(=O)NCC(C)C)=C2C#N)cc1. The Labute approximate surface area is 158 Å². The maximum absolute atomic E-state index is 12.1. The fraction of sp³-hybridized carbons (Fsp3) is 0.421. The summed E-state index contributed by atoms with van der Waals surface area (Å²) >= 11 is 1.19. The number of hydrogen-bond acceptors (Lipinski definition) is 5. The van der Waals surface area contributed by atoms with E-state index in [9.17, 15) is 14.9 Å². The minimum Gasteiger partial charge on any atom is -0.497 e. The van der Waals surface area contributed by atoms with Crippen molar-refractivity contribution >= 4 is 23.6 Å². The maximum Gasteiger partial charge on any atom is 0.230 e. The predicted octanol–water partition coefficient (Wildman–Crippen LogP) is 2.54. The number of amides is 2. The molecule has 2 rings (SSSR count). The molecule has 0 saturated heterocycles. The largest absolute Gasteiger partial charge is 0.497 e. The summed E-state index contributed by atoms with van der Waals surface area (Å²) in [5.74, 6) is 0.646. The molecule has 0 radical (unpaired) electrons. The third kappa shape index (κ3) is 5.27. The van der Waals surface area contributed by atoms with E-state index in [1.807, 2.05) is 38.1 Å². The van der Waals surface area contributed by atoms with Crippen molar-refractivity contribution in [3.05, 3.63) is 40.4 Å². The number of methoxy groups -OCH3 is 1. The molecule has 0 unspecified atom stereocenters. The summed E-state index contributed by atoms with van der Waals surface area (Å²) in [7, 11) is 1.59. The molecule has 1 aromatic carbocycles. The van der Waals surface area contributed by atoms with E-state index in [4.69, 9.17) is 4.74 Å². The molecule has 1 heterocycles. The van der Waals surface area contributed by atoms with Gasteiger partial charge < -0.3 is 15.4 Å². The lowest BCUT2D eigenvalue weighted by molar-refractivity contribution is -0.121. The number of nitriles is 1. The van der Waals surface area contributed by atoms with E-state index in [1.54, 1.807) is 7.11 Å². The van der Waals surface area contributed by atoms with Crippen LogP contribution in [0.25, 0.3) is 0 Å². The van der Waals surface area contributed by atoms with Gasteiger partial charge in [-0.2, -0.15) is 5.26 Å². The minimum absolute atomic E-state index is 0.116. The van der Waals surface area contributed by atoms with E-state index in [2.05, 4.69) is 16.7 Å². The molecule has 0 aliphatic carbocycles. The number of ether oxygens (including phenoxy) is 1. The van der Waals surface area contributed by atoms with Crippen LogP contribution >= 0.6 is 11.8 Å². The fourth-order valence-electron chi connectivity index (χ4n) is 2.56. The van der Waals surface area contributed by atoms with E-state index in [-0.39, 0.29) is 29.9 Å². The van der Waals surface area contributed by atoms with Gasteiger partial charge in [0.1, 0.15) is 5.75 Å². The second-order valence-electron chi connectivity index (χ2n) is 6.42. The molecule has 0 saturated carbocycles. The van der Waals surface area contributed by atoms with Gasteiger partial charge in [0.05, 0.1) is 29.5 Å². The minimum atomic E-state index is -0.319. The molecule has 0 spiro atoms. The highest BCUT2D eigenvalue weighted by Crippen LogP contribution is 2.36. The van der Waals surface area contributed by atoms with Gasteiger partial charge in [-0.15, -0.1) is 0 Å². The van der Waals surface area contributed by atoms with Crippen molar-refractivity contribution in [2.45, 2.75) is 26.2 Å². The topological polar surface area (TPSA) is 91.2 Å². The number of carbonyl (C=O) groups is 2. The predicted molar refractivity (Wildman–Crippen MR) is 101 cm³/mol. The Hall–Kier alpha value is -2.46. The standard InChI is InChI=1S/C19H23N3O3S/c1-12(2)10-21-18(24)11-26-19-16(9-20)15(8-17(23)22-19)13-4-6-14(25-3)7-5-13/h4-7,12,15H,8,10-11H2,1-3H3,(H,21,24)(H,22,23)/t15-/m1/s1. The number of nitrogens with one attached hydrogen (secondary N) is 2. The van der Waals surface area contributed by atoms with Gasteiger partial charge in [0.2, 0.25) is 11.8 Å². The Bertz CT molecular complexity index is 735. The number of rotatable bonds is 7. The van der Waals surface area contributed by atoms with E-state index in [0.29, 0.717) is 28.8 Å². The summed E-state index contributed by atoms with van der Waals surface area (Å²) in [6, 6.07) is 9.54. The molecular weight excluding hydrogens is 350 g/mol. The Kier molecular flexibility index (Phi) is 7.10. The van der Waals surface area contributed by atoms with Crippen molar-refractivity contribution in [2.75, 3.05) is 19.4 Å². The molecule has 26 heavy (non-hydrogen) atoms. The average Bonchev–Trinajstić information content (AvgIpc) is 2.64. The van der Waals surface area contributed by atoms with Gasteiger partial charge in [-0.25, -0.2) is 0 Å². The van der Waals surface area contributed by atoms with Crippen LogP contribution in [0.5, 0.6) is 5.75 Å². The molecule has 2 N–H and O–H groups in total. The van der Waals surface area contributed by atoms with Crippen LogP contribution in [-0.2, 0) is 9.59 Å². The van der Waals surface area contributed by atoms with Crippen LogP contribution in [0.3, 0.4) is 0 Å². The first kappa shape index (κ1) is 19.9. The molecule has 1 aliphatic heterocycles. The highest BCUT2D eigenvalue weighted by Gasteiger charge is 2.29. The smallest absolute Gasteiger partial charge is 0.230 e. The average molecular weight is 373 g/mol. The summed E-state index contributed by atoms with van der Waals surface area (Å²) in [5, 5.41) is 15.7. The molecule has 1 atom stereocenters. The summed E-state index contributed by atoms with van der Waals surface area (Å²) in [6.07, 6.45) is 0.207. The molecule has 138 valence electrons. The van der Waals surface area contributed by atoms with Gasteiger partial charge in [0.25, 0.3) is 0 Å². The zero-order chi connectivity index (χ0) is 19.1. The van der Waals surface area contributed by atoms with Crippen molar-refractivity contribution in [1.82, 2.24) is 10.6 Å². The van der Waals surface area contributed by atoms with Crippen LogP contribution in [0.1, 0.15) is 31.7 Å². The van der Waals surface area contributed by atoms with Crippen molar-refractivity contribution in [1.29, 1.82) is 5.26 Å². The zero-order valence-corrected chi connectivity index (χ0v) is 16.0. The third-order valence-corrected chi connectivity index (χ3v) is 4.95. The fourth-order valence-corrected chi connectivity index (χ4v) is 3.47. The summed E-state index contributed by atoms with van der Waals surface area (Å²) < 4.78 is 5.15. The summed E-state index contributed by atoms with van der Waals surface area (Å²) in [5.41, 5.74) is 1.36. The first-order valence-electron chi connectivity index (χ1n) is 8.42. The number of thioether (sulfide) groups is 1. The van der Waals surface area contributed by atoms with Gasteiger partial charge in [-0.1, -0.05) is 37.7 Å². The number of carbonyl (C=O) groups excluding carboxylic acids is 2. The zero-order valence-electron chi connectivity index (χ0n) is 15.2. The second kappa shape index (κ2) is 9.30. The molecule has 1 aromatic rings. The van der Waals surface area contributed by atoms with Crippen LogP contribution in [-0.4, -0.2) is 31.2 Å². The van der Waals surface area contributed by atoms with E-state index < -0.39 is 0 Å². The van der Waals surface area contributed by atoms with Crippen LogP contribution in [0, 0.1) is 17.2 Å². The number of hydrogen-bond donors (Lipinski definition) is 2. The van der Waals surface area contributed by atoms with Crippen LogP contribution < -0.4 is 15.4 Å². The third-order valence-electron chi connectivity index (χ3n) is 3.93. The number of nitrogens with zero attached hydrogens (tertiary/aromatic N) is 1. The number of allylic oxidation sites excluding steroid dienone is 1. The second-order valence-corrected chi connectivity index (χ2v) is 7.40. The monoisotopic (exact) mass is 373 g/mol. The molecule has 6 nitrogen and oxygen atoms in total. The molecule has 2 amide bonds. The highest BCUT2D eigenvalue weighted by molar-refractivity contribution is 8.03. The Morgan fingerprint density at radius 3 is 2.69 bits per heavy atom. The normalized spacial score (nSPS) is 16.9. The van der Waals surface area contributed by atoms with Gasteiger partial charge in [0.15, 0.2) is 0 Å². The van der Waals surface area contributed by atoms with E-state index in [1.165, 1.54) is 11.8 Å². The first-order chi connectivity index (χ1) is 12.4. The summed E-state index contributed by atoms with van der Waals surface area (Å²) in [4.78, 5) is 24.0. The lowest BCUT2D eigenvalue weighted by Crippen LogP contribution is -2.33. The van der Waals surface area contributed by atoms with Gasteiger partial charge in [-0.3, -0.25) is 9.59 Å². The van der Waals surface area contributed by atoms with Crippen LogP contribution in [0.15, 0.2) is 34.9 Å². The first-order valence-corrected chi connectivity index (χ1v) is 9.40. The van der Waals surface area contributed by atoms with Crippen molar-refractivity contribution in [3.8, 4) is 11.8 Å². The number of benzene rings is 1. The maximum atomic E-state index is 12.1. The molecule has 7 heteroatoms. The highest BCUT2D eigenvalue weighted by atomic mass is 32.2. The van der Waals surface area contributed by atoms with E-state index >= 15 is 0 Å². The van der Waals surface area contributed by atoms with Gasteiger partial charge in [-0.05, 0) is 23.6 Å². The Morgan fingerprint density at radius 1 is 1.42 bits per heavy atom. The van der Waals surface area contributed by atoms with Crippen molar-refractivity contribution in [2.24, 2.45) is 5.92 Å². The van der Waals surface area contributed by atoms with Crippen molar-refractivity contribution in [3.63, 3.8) is 0 Å². The van der Waals surface area contributed by atoms with Crippen molar-refractivity contribution < 1.29 is 14.3 Å². The van der Waals surface area contributed by atoms with Gasteiger partial charge >= 0.3 is 0 Å². The van der Waals surface area contributed by atoms with Crippen LogP contribution in [0.4, 0.5) is 0 Å². The quantitative estimate of drug-likeness (QED) is 0.766. The molecule has 0 bridgehead atoms. The molecule has 1 aliphatic rings. The summed E-state index contributed by atoms with van der Waals surface area (Å²) in [6.45, 7) is 4.64.